The molecule has 19 heavy (non-hydrogen) atoms. The van der Waals surface area contributed by atoms with Crippen LogP contribution in [0.1, 0.15) is 24.2 Å². The van der Waals surface area contributed by atoms with Crippen molar-refractivity contribution in [3.63, 3.8) is 0 Å². The van der Waals surface area contributed by atoms with Crippen molar-refractivity contribution in [2.24, 2.45) is 0 Å². The van der Waals surface area contributed by atoms with Crippen LogP contribution in [0.25, 0.3) is 0 Å². The summed E-state index contributed by atoms with van der Waals surface area (Å²) < 4.78 is 0. The number of hydrogen-bond acceptors (Lipinski definition) is 3. The number of nitrogens with zero attached hydrogens (tertiary/aromatic N) is 1. The van der Waals surface area contributed by atoms with Crippen molar-refractivity contribution in [3.05, 3.63) is 29.8 Å². The van der Waals surface area contributed by atoms with Crippen LogP contribution in [0.3, 0.4) is 0 Å². The number of carbonyl (C=O) groups excluding carboxylic acids is 2. The number of amides is 2. The lowest BCUT2D eigenvalue weighted by molar-refractivity contribution is -0.129. The van der Waals surface area contributed by atoms with E-state index in [2.05, 4.69) is 10.6 Å². The van der Waals surface area contributed by atoms with Gasteiger partial charge in [0, 0.05) is 25.8 Å². The summed E-state index contributed by atoms with van der Waals surface area (Å²) >= 11 is 0. The Kier molecular flexibility index (Phi) is 5.85. The molecule has 0 saturated heterocycles. The molecule has 0 aliphatic heterocycles. The molecule has 0 spiro atoms. The van der Waals surface area contributed by atoms with Gasteiger partial charge in [-0.3, -0.25) is 9.59 Å². The third kappa shape index (κ3) is 3.98. The highest BCUT2D eigenvalue weighted by Gasteiger charge is 2.13. The molecule has 2 amide bonds. The van der Waals surface area contributed by atoms with Crippen LogP contribution in [0, 0.1) is 0 Å². The Morgan fingerprint density at radius 3 is 2.37 bits per heavy atom. The first kappa shape index (κ1) is 15.0. The van der Waals surface area contributed by atoms with E-state index >= 15 is 0 Å². The average molecular weight is 263 g/mol. The summed E-state index contributed by atoms with van der Waals surface area (Å²) in [7, 11) is 1.76. The molecular weight excluding hydrogens is 242 g/mol. The molecule has 0 aliphatic carbocycles. The molecule has 1 aromatic rings. The highest BCUT2D eigenvalue weighted by Crippen LogP contribution is 2.13. The van der Waals surface area contributed by atoms with Crippen molar-refractivity contribution >= 4 is 17.5 Å². The van der Waals surface area contributed by atoms with E-state index in [1.807, 2.05) is 26.0 Å². The molecule has 1 aromatic carbocycles. The number of benzene rings is 1. The SMILES string of the molecule is CCN(CC)C(=O)CNC(=O)c1ccccc1NC. The Morgan fingerprint density at radius 2 is 1.79 bits per heavy atom. The van der Waals surface area contributed by atoms with Gasteiger partial charge in [0.05, 0.1) is 12.1 Å². The van der Waals surface area contributed by atoms with E-state index in [0.29, 0.717) is 18.7 Å². The normalized spacial score (nSPS) is 9.84. The Bertz CT molecular complexity index is 442. The lowest BCUT2D eigenvalue weighted by Crippen LogP contribution is -2.40. The molecule has 0 radical (unpaired) electrons. The van der Waals surface area contributed by atoms with E-state index in [1.54, 1.807) is 24.1 Å². The third-order valence-corrected chi connectivity index (χ3v) is 2.96. The number of hydrogen-bond donors (Lipinski definition) is 2. The first-order valence-electron chi connectivity index (χ1n) is 6.46. The van der Waals surface area contributed by atoms with Gasteiger partial charge in [0.2, 0.25) is 5.91 Å². The van der Waals surface area contributed by atoms with Crippen molar-refractivity contribution in [2.45, 2.75) is 13.8 Å². The molecule has 104 valence electrons. The van der Waals surface area contributed by atoms with Crippen molar-refractivity contribution < 1.29 is 9.59 Å². The summed E-state index contributed by atoms with van der Waals surface area (Å²) in [5.41, 5.74) is 1.28. The van der Waals surface area contributed by atoms with Gasteiger partial charge in [0.25, 0.3) is 5.91 Å². The monoisotopic (exact) mass is 263 g/mol. The van der Waals surface area contributed by atoms with Crippen molar-refractivity contribution in [2.75, 3.05) is 32.0 Å². The third-order valence-electron chi connectivity index (χ3n) is 2.96. The summed E-state index contributed by atoms with van der Waals surface area (Å²) in [6, 6.07) is 7.19. The second-order valence-electron chi connectivity index (χ2n) is 4.04. The first-order chi connectivity index (χ1) is 9.13. The molecule has 0 aliphatic rings. The maximum Gasteiger partial charge on any atom is 0.253 e. The number of rotatable bonds is 6. The molecule has 0 saturated carbocycles. The van der Waals surface area contributed by atoms with E-state index in [0.717, 1.165) is 5.69 Å². The molecule has 0 unspecified atom stereocenters. The summed E-state index contributed by atoms with van der Waals surface area (Å²) in [6.07, 6.45) is 0. The predicted molar refractivity (Wildman–Crippen MR) is 76.2 cm³/mol. The summed E-state index contributed by atoms with van der Waals surface area (Å²) in [4.78, 5) is 25.5. The zero-order chi connectivity index (χ0) is 14.3. The second kappa shape index (κ2) is 7.41. The number of para-hydroxylation sites is 1. The molecule has 0 heterocycles. The lowest BCUT2D eigenvalue weighted by atomic mass is 10.1. The van der Waals surface area contributed by atoms with Crippen LogP contribution < -0.4 is 10.6 Å². The van der Waals surface area contributed by atoms with E-state index in [-0.39, 0.29) is 18.4 Å². The van der Waals surface area contributed by atoms with Crippen LogP contribution >= 0.6 is 0 Å². The smallest absolute Gasteiger partial charge is 0.253 e. The number of nitrogens with one attached hydrogen (secondary N) is 2. The summed E-state index contributed by atoms with van der Waals surface area (Å²) in [5.74, 6) is -0.314. The number of carbonyl (C=O) groups is 2. The number of anilines is 1. The minimum Gasteiger partial charge on any atom is -0.387 e. The van der Waals surface area contributed by atoms with Crippen molar-refractivity contribution in [1.82, 2.24) is 10.2 Å². The molecular formula is C14H21N3O2. The molecule has 5 nitrogen and oxygen atoms in total. The van der Waals surface area contributed by atoms with Gasteiger partial charge in [0.15, 0.2) is 0 Å². The van der Waals surface area contributed by atoms with Gasteiger partial charge < -0.3 is 15.5 Å². The molecule has 0 atom stereocenters. The largest absolute Gasteiger partial charge is 0.387 e. The van der Waals surface area contributed by atoms with Gasteiger partial charge in [-0.05, 0) is 26.0 Å². The second-order valence-corrected chi connectivity index (χ2v) is 4.04. The molecule has 0 bridgehead atoms. The standard InChI is InChI=1S/C14H21N3O2/c1-4-17(5-2)13(18)10-16-14(19)11-8-6-7-9-12(11)15-3/h6-9,15H,4-5,10H2,1-3H3,(H,16,19). The molecule has 1 rings (SSSR count). The van der Waals surface area contributed by atoms with Gasteiger partial charge in [-0.15, -0.1) is 0 Å². The highest BCUT2D eigenvalue weighted by molar-refractivity contribution is 6.01. The Morgan fingerprint density at radius 1 is 1.16 bits per heavy atom. The molecule has 0 aromatic heterocycles. The van der Waals surface area contributed by atoms with Gasteiger partial charge in [-0.1, -0.05) is 12.1 Å². The van der Waals surface area contributed by atoms with Crippen LogP contribution in [0.2, 0.25) is 0 Å². The topological polar surface area (TPSA) is 61.4 Å². The zero-order valence-electron chi connectivity index (χ0n) is 11.7. The van der Waals surface area contributed by atoms with Crippen LogP contribution in [-0.2, 0) is 4.79 Å². The first-order valence-corrected chi connectivity index (χ1v) is 6.46. The van der Waals surface area contributed by atoms with Crippen molar-refractivity contribution in [1.29, 1.82) is 0 Å². The maximum absolute atomic E-state index is 12.0. The van der Waals surface area contributed by atoms with Crippen LogP contribution in [0.4, 0.5) is 5.69 Å². The van der Waals surface area contributed by atoms with Gasteiger partial charge in [-0.2, -0.15) is 0 Å². The average Bonchev–Trinajstić information content (AvgIpc) is 2.45. The molecule has 5 heteroatoms. The Labute approximate surface area is 114 Å². The fourth-order valence-electron chi connectivity index (χ4n) is 1.84. The van der Waals surface area contributed by atoms with Crippen LogP contribution in [-0.4, -0.2) is 43.4 Å². The fourth-order valence-corrected chi connectivity index (χ4v) is 1.84. The zero-order valence-corrected chi connectivity index (χ0v) is 11.7. The Hall–Kier alpha value is -2.04. The van der Waals surface area contributed by atoms with Gasteiger partial charge >= 0.3 is 0 Å². The van der Waals surface area contributed by atoms with E-state index < -0.39 is 0 Å². The van der Waals surface area contributed by atoms with E-state index in [9.17, 15) is 9.59 Å². The molecule has 0 fully saturated rings. The maximum atomic E-state index is 12.0. The van der Waals surface area contributed by atoms with Crippen LogP contribution in [0.5, 0.6) is 0 Å². The molecule has 2 N–H and O–H groups in total. The Balaban J connectivity index is 2.63. The van der Waals surface area contributed by atoms with Gasteiger partial charge in [-0.25, -0.2) is 0 Å². The highest BCUT2D eigenvalue weighted by atomic mass is 16.2. The predicted octanol–water partition coefficient (Wildman–Crippen LogP) is 1.33. The summed E-state index contributed by atoms with van der Waals surface area (Å²) in [6.45, 7) is 5.16. The van der Waals surface area contributed by atoms with E-state index in [4.69, 9.17) is 0 Å². The van der Waals surface area contributed by atoms with Gasteiger partial charge in [0.1, 0.15) is 0 Å². The lowest BCUT2D eigenvalue weighted by Gasteiger charge is -2.19. The van der Waals surface area contributed by atoms with Crippen molar-refractivity contribution in [3.8, 4) is 0 Å². The van der Waals surface area contributed by atoms with Crippen LogP contribution in [0.15, 0.2) is 24.3 Å². The minimum absolute atomic E-state index is 0.0264. The number of likely N-dealkylation sites (N-methyl/N-ethyl adjacent to an activating group) is 1. The quantitative estimate of drug-likeness (QED) is 0.814. The minimum atomic E-state index is -0.245. The summed E-state index contributed by atoms with van der Waals surface area (Å²) in [5, 5.41) is 5.61. The van der Waals surface area contributed by atoms with E-state index in [1.165, 1.54) is 0 Å². The fraction of sp³-hybridized carbons (Fsp3) is 0.429.